The summed E-state index contributed by atoms with van der Waals surface area (Å²) < 4.78 is 10.6. The number of carbonyl (C=O) groups excluding carboxylic acids is 3. The molecule has 2 aromatic rings. The first-order valence-electron chi connectivity index (χ1n) is 8.75. The van der Waals surface area contributed by atoms with Crippen molar-refractivity contribution in [2.45, 2.75) is 25.4 Å². The third kappa shape index (κ3) is 3.07. The van der Waals surface area contributed by atoms with Crippen LogP contribution in [-0.2, 0) is 15.1 Å². The Morgan fingerprint density at radius 3 is 2.86 bits per heavy atom. The van der Waals surface area contributed by atoms with Gasteiger partial charge in [-0.15, -0.1) is 11.3 Å². The van der Waals surface area contributed by atoms with E-state index in [0.29, 0.717) is 17.1 Å². The molecule has 1 aromatic carbocycles. The number of amides is 4. The number of thiophene rings is 1. The molecule has 0 saturated carbocycles. The molecule has 1 fully saturated rings. The maximum Gasteiger partial charge on any atom is 0.325 e. The van der Waals surface area contributed by atoms with Crippen LogP contribution in [0.5, 0.6) is 11.5 Å². The fourth-order valence-corrected chi connectivity index (χ4v) is 4.02. The van der Waals surface area contributed by atoms with Gasteiger partial charge in [-0.05, 0) is 43.0 Å². The van der Waals surface area contributed by atoms with Gasteiger partial charge in [0.05, 0.1) is 6.04 Å². The van der Waals surface area contributed by atoms with Crippen LogP contribution in [-0.4, -0.2) is 36.1 Å². The van der Waals surface area contributed by atoms with E-state index in [2.05, 4.69) is 10.6 Å². The number of imide groups is 1. The summed E-state index contributed by atoms with van der Waals surface area (Å²) in [5.41, 5.74) is -0.720. The lowest BCUT2D eigenvalue weighted by Crippen LogP contribution is -2.43. The Labute approximate surface area is 165 Å². The highest BCUT2D eigenvalue weighted by Gasteiger charge is 2.49. The molecule has 1 aromatic heterocycles. The summed E-state index contributed by atoms with van der Waals surface area (Å²) in [5, 5.41) is 7.42. The highest BCUT2D eigenvalue weighted by Crippen LogP contribution is 2.37. The smallest absolute Gasteiger partial charge is 0.325 e. The van der Waals surface area contributed by atoms with E-state index < -0.39 is 23.4 Å². The van der Waals surface area contributed by atoms with Crippen molar-refractivity contribution in [3.63, 3.8) is 0 Å². The number of nitrogens with zero attached hydrogens (tertiary/aromatic N) is 1. The van der Waals surface area contributed by atoms with Crippen molar-refractivity contribution < 1.29 is 23.9 Å². The molecule has 4 amide bonds. The Bertz CT molecular complexity index is 945. The molecular formula is C19H19N3O5S. The third-order valence-electron chi connectivity index (χ3n) is 4.87. The molecule has 2 aliphatic rings. The SMILES string of the molecule is C[C@H](NC(=O)CN1C(=O)N[C@@](C)(c2ccc3c(c2)OCO3)C1=O)c1cccs1. The monoisotopic (exact) mass is 401 g/mol. The van der Waals surface area contributed by atoms with Crippen LogP contribution in [0.2, 0.25) is 0 Å². The molecule has 0 spiro atoms. The molecule has 0 aliphatic carbocycles. The predicted molar refractivity (Wildman–Crippen MR) is 101 cm³/mol. The van der Waals surface area contributed by atoms with E-state index in [1.54, 1.807) is 25.1 Å². The molecule has 2 atom stereocenters. The van der Waals surface area contributed by atoms with Crippen LogP contribution in [0.4, 0.5) is 4.79 Å². The summed E-state index contributed by atoms with van der Waals surface area (Å²) in [7, 11) is 0. The van der Waals surface area contributed by atoms with Crippen LogP contribution < -0.4 is 20.1 Å². The standard InChI is InChI=1S/C19H19N3O5S/c1-11(15-4-3-7-28-15)20-16(23)9-22-17(24)19(2,21-18(22)25)12-5-6-13-14(8-12)27-10-26-13/h3-8,11H,9-10H2,1-2H3,(H,20,23)(H,21,25)/t11-,19-/m0/s1. The van der Waals surface area contributed by atoms with Crippen LogP contribution in [0.15, 0.2) is 35.7 Å². The summed E-state index contributed by atoms with van der Waals surface area (Å²) in [6.07, 6.45) is 0. The van der Waals surface area contributed by atoms with Gasteiger partial charge in [-0.25, -0.2) is 4.79 Å². The summed E-state index contributed by atoms with van der Waals surface area (Å²) in [5.74, 6) is 0.208. The zero-order valence-electron chi connectivity index (χ0n) is 15.4. The second-order valence-corrected chi connectivity index (χ2v) is 7.80. The molecule has 2 N–H and O–H groups in total. The quantitative estimate of drug-likeness (QED) is 0.748. The molecule has 0 unspecified atom stereocenters. The van der Waals surface area contributed by atoms with Crippen LogP contribution in [0.1, 0.15) is 30.3 Å². The number of urea groups is 1. The van der Waals surface area contributed by atoms with Gasteiger partial charge in [0.2, 0.25) is 12.7 Å². The molecule has 9 heteroatoms. The Morgan fingerprint density at radius 1 is 1.32 bits per heavy atom. The Morgan fingerprint density at radius 2 is 2.11 bits per heavy atom. The lowest BCUT2D eigenvalue weighted by Gasteiger charge is -2.22. The molecule has 2 aliphatic heterocycles. The summed E-state index contributed by atoms with van der Waals surface area (Å²) in [4.78, 5) is 39.7. The number of fused-ring (bicyclic) bond motifs is 1. The van der Waals surface area contributed by atoms with Crippen molar-refractivity contribution in [3.8, 4) is 11.5 Å². The van der Waals surface area contributed by atoms with E-state index in [0.717, 1.165) is 9.78 Å². The average molecular weight is 401 g/mol. The normalized spacial score (nSPS) is 21.6. The number of rotatable bonds is 5. The van der Waals surface area contributed by atoms with E-state index in [-0.39, 0.29) is 19.4 Å². The van der Waals surface area contributed by atoms with E-state index in [9.17, 15) is 14.4 Å². The van der Waals surface area contributed by atoms with Crippen molar-refractivity contribution in [3.05, 3.63) is 46.2 Å². The van der Waals surface area contributed by atoms with E-state index >= 15 is 0 Å². The van der Waals surface area contributed by atoms with Gasteiger partial charge in [0.25, 0.3) is 5.91 Å². The number of ether oxygens (including phenoxy) is 2. The van der Waals surface area contributed by atoms with Gasteiger partial charge < -0.3 is 20.1 Å². The zero-order chi connectivity index (χ0) is 19.9. The van der Waals surface area contributed by atoms with E-state index in [4.69, 9.17) is 9.47 Å². The van der Waals surface area contributed by atoms with Gasteiger partial charge >= 0.3 is 6.03 Å². The first kappa shape index (κ1) is 18.3. The zero-order valence-corrected chi connectivity index (χ0v) is 16.2. The largest absolute Gasteiger partial charge is 0.454 e. The Hall–Kier alpha value is -3.07. The lowest BCUT2D eigenvalue weighted by molar-refractivity contribution is -0.135. The van der Waals surface area contributed by atoms with Gasteiger partial charge in [0.1, 0.15) is 12.1 Å². The first-order valence-corrected chi connectivity index (χ1v) is 9.63. The van der Waals surface area contributed by atoms with Crippen molar-refractivity contribution >= 4 is 29.2 Å². The molecular weight excluding hydrogens is 382 g/mol. The van der Waals surface area contributed by atoms with E-state index in [1.165, 1.54) is 11.3 Å². The highest BCUT2D eigenvalue weighted by atomic mass is 32.1. The second kappa shape index (κ2) is 6.83. The van der Waals surface area contributed by atoms with Gasteiger partial charge in [-0.3, -0.25) is 14.5 Å². The maximum atomic E-state index is 13.0. The third-order valence-corrected chi connectivity index (χ3v) is 5.93. The lowest BCUT2D eigenvalue weighted by atomic mass is 9.91. The molecule has 28 heavy (non-hydrogen) atoms. The number of hydrogen-bond acceptors (Lipinski definition) is 6. The molecule has 3 heterocycles. The molecule has 0 radical (unpaired) electrons. The molecule has 0 bridgehead atoms. The van der Waals surface area contributed by atoms with Crippen LogP contribution in [0, 0.1) is 0 Å². The fraction of sp³-hybridized carbons (Fsp3) is 0.316. The van der Waals surface area contributed by atoms with Gasteiger partial charge in [0, 0.05) is 4.88 Å². The number of carbonyl (C=O) groups is 3. The van der Waals surface area contributed by atoms with Crippen molar-refractivity contribution in [2.24, 2.45) is 0 Å². The minimum Gasteiger partial charge on any atom is -0.454 e. The van der Waals surface area contributed by atoms with Gasteiger partial charge in [-0.2, -0.15) is 0 Å². The number of nitrogens with one attached hydrogen (secondary N) is 2. The van der Waals surface area contributed by atoms with Crippen LogP contribution in [0.25, 0.3) is 0 Å². The predicted octanol–water partition coefficient (Wildman–Crippen LogP) is 2.12. The molecule has 8 nitrogen and oxygen atoms in total. The fourth-order valence-electron chi connectivity index (χ4n) is 3.28. The summed E-state index contributed by atoms with van der Waals surface area (Å²) in [6, 6.07) is 8.08. The minimum atomic E-state index is -1.28. The number of hydrogen-bond donors (Lipinski definition) is 2. The maximum absolute atomic E-state index is 13.0. The van der Waals surface area contributed by atoms with Crippen molar-refractivity contribution in [1.82, 2.24) is 15.5 Å². The van der Waals surface area contributed by atoms with Crippen molar-refractivity contribution in [1.29, 1.82) is 0 Å². The Balaban J connectivity index is 1.48. The van der Waals surface area contributed by atoms with Gasteiger partial charge in [0.15, 0.2) is 11.5 Å². The molecule has 1 saturated heterocycles. The molecule has 146 valence electrons. The summed E-state index contributed by atoms with van der Waals surface area (Å²) >= 11 is 1.53. The van der Waals surface area contributed by atoms with E-state index in [1.807, 2.05) is 24.4 Å². The van der Waals surface area contributed by atoms with Crippen LogP contribution in [0.3, 0.4) is 0 Å². The van der Waals surface area contributed by atoms with Crippen LogP contribution >= 0.6 is 11.3 Å². The molecule has 4 rings (SSSR count). The number of benzene rings is 1. The Kier molecular flexibility index (Phi) is 4.46. The average Bonchev–Trinajstić information content (AvgIpc) is 3.39. The summed E-state index contributed by atoms with van der Waals surface area (Å²) in [6.45, 7) is 3.23. The minimum absolute atomic E-state index is 0.116. The highest BCUT2D eigenvalue weighted by molar-refractivity contribution is 7.10. The second-order valence-electron chi connectivity index (χ2n) is 6.82. The topological polar surface area (TPSA) is 97.0 Å². The van der Waals surface area contributed by atoms with Gasteiger partial charge in [-0.1, -0.05) is 12.1 Å². The van der Waals surface area contributed by atoms with Crippen molar-refractivity contribution in [2.75, 3.05) is 13.3 Å². The first-order chi connectivity index (χ1) is 13.4.